The summed E-state index contributed by atoms with van der Waals surface area (Å²) in [5, 5.41) is 13.6. The van der Waals surface area contributed by atoms with Crippen LogP contribution in [-0.2, 0) is 0 Å². The number of ether oxygens (including phenoxy) is 1. The maximum atomic E-state index is 9.77. The van der Waals surface area contributed by atoms with Crippen LogP contribution in [0.2, 0.25) is 0 Å². The number of phenolic OH excluding ortho intramolecular Hbond substituents is 1. The summed E-state index contributed by atoms with van der Waals surface area (Å²) in [7, 11) is 1.56. The van der Waals surface area contributed by atoms with E-state index in [4.69, 9.17) is 4.74 Å². The highest BCUT2D eigenvalue weighted by atomic mass is 79.9. The first-order valence-corrected chi connectivity index (χ1v) is 7.23. The van der Waals surface area contributed by atoms with Gasteiger partial charge in [0.1, 0.15) is 0 Å². The maximum absolute atomic E-state index is 9.77. The van der Waals surface area contributed by atoms with Gasteiger partial charge in [0.15, 0.2) is 11.5 Å². The second kappa shape index (κ2) is 4.71. The number of hydrogen-bond donors (Lipinski definition) is 2. The summed E-state index contributed by atoms with van der Waals surface area (Å²) in [6.07, 6.45) is 0. The highest BCUT2D eigenvalue weighted by Crippen LogP contribution is 2.42. The lowest BCUT2D eigenvalue weighted by molar-refractivity contribution is 0.370. The molecule has 94 valence electrons. The topological polar surface area (TPSA) is 41.5 Å². The fourth-order valence-corrected chi connectivity index (χ4v) is 3.67. The van der Waals surface area contributed by atoms with Gasteiger partial charge in [0, 0.05) is 11.3 Å². The molecule has 0 bridgehead atoms. The van der Waals surface area contributed by atoms with Gasteiger partial charge < -0.3 is 9.84 Å². The quantitative estimate of drug-likeness (QED) is 0.878. The van der Waals surface area contributed by atoms with Crippen molar-refractivity contribution in [2.24, 2.45) is 0 Å². The van der Waals surface area contributed by atoms with E-state index in [0.29, 0.717) is 10.2 Å². The normalized spacial score (nSPS) is 22.7. The van der Waals surface area contributed by atoms with Crippen LogP contribution in [-0.4, -0.2) is 23.5 Å². The Hall–Kier alpha value is -0.390. The van der Waals surface area contributed by atoms with Crippen molar-refractivity contribution in [3.63, 3.8) is 0 Å². The van der Waals surface area contributed by atoms with Gasteiger partial charge in [-0.3, -0.25) is 5.32 Å². The third-order valence-electron chi connectivity index (χ3n) is 2.71. The van der Waals surface area contributed by atoms with Gasteiger partial charge in [0.05, 0.1) is 17.0 Å². The van der Waals surface area contributed by atoms with Gasteiger partial charge in [0.25, 0.3) is 0 Å². The minimum absolute atomic E-state index is 0.146. The van der Waals surface area contributed by atoms with Gasteiger partial charge in [-0.25, -0.2) is 0 Å². The van der Waals surface area contributed by atoms with Crippen molar-refractivity contribution in [1.29, 1.82) is 0 Å². The minimum atomic E-state index is 0.146. The van der Waals surface area contributed by atoms with Crippen LogP contribution >= 0.6 is 27.7 Å². The van der Waals surface area contributed by atoms with Crippen LogP contribution in [0.15, 0.2) is 16.6 Å². The molecule has 0 aromatic heterocycles. The van der Waals surface area contributed by atoms with E-state index in [2.05, 4.69) is 35.1 Å². The molecule has 0 spiro atoms. The van der Waals surface area contributed by atoms with Gasteiger partial charge >= 0.3 is 0 Å². The molecule has 17 heavy (non-hydrogen) atoms. The summed E-state index contributed by atoms with van der Waals surface area (Å²) in [5.41, 5.74) is 1.26. The van der Waals surface area contributed by atoms with Crippen LogP contribution in [0.3, 0.4) is 0 Å². The van der Waals surface area contributed by atoms with Crippen molar-refractivity contribution in [1.82, 2.24) is 5.32 Å². The van der Waals surface area contributed by atoms with E-state index >= 15 is 0 Å². The number of aromatic hydroxyl groups is 1. The maximum Gasteiger partial charge on any atom is 0.172 e. The van der Waals surface area contributed by atoms with E-state index in [1.54, 1.807) is 7.11 Å². The minimum Gasteiger partial charge on any atom is -0.503 e. The van der Waals surface area contributed by atoms with Crippen molar-refractivity contribution < 1.29 is 9.84 Å². The van der Waals surface area contributed by atoms with Crippen LogP contribution in [0.5, 0.6) is 11.5 Å². The Morgan fingerprint density at radius 3 is 2.76 bits per heavy atom. The molecule has 1 aliphatic heterocycles. The van der Waals surface area contributed by atoms with Crippen molar-refractivity contribution in [3.05, 3.63) is 22.2 Å². The largest absolute Gasteiger partial charge is 0.503 e. The monoisotopic (exact) mass is 317 g/mol. The molecular weight excluding hydrogens is 302 g/mol. The zero-order valence-electron chi connectivity index (χ0n) is 10.1. The Labute approximate surface area is 114 Å². The van der Waals surface area contributed by atoms with Gasteiger partial charge in [0.2, 0.25) is 0 Å². The molecule has 1 fully saturated rings. The first-order chi connectivity index (χ1) is 7.93. The molecule has 0 amide bonds. The van der Waals surface area contributed by atoms with Crippen molar-refractivity contribution in [2.45, 2.75) is 24.8 Å². The predicted molar refractivity (Wildman–Crippen MR) is 74.8 cm³/mol. The van der Waals surface area contributed by atoms with Gasteiger partial charge in [-0.2, -0.15) is 0 Å². The lowest BCUT2D eigenvalue weighted by Crippen LogP contribution is -2.35. The first-order valence-electron chi connectivity index (χ1n) is 5.38. The number of methoxy groups -OCH3 is 1. The zero-order chi connectivity index (χ0) is 12.6. The molecule has 0 aliphatic carbocycles. The molecule has 0 saturated carbocycles. The molecule has 3 nitrogen and oxygen atoms in total. The van der Waals surface area contributed by atoms with Crippen LogP contribution in [0.25, 0.3) is 0 Å². The summed E-state index contributed by atoms with van der Waals surface area (Å²) >= 11 is 5.21. The number of halogens is 1. The van der Waals surface area contributed by atoms with Crippen LogP contribution in [0.4, 0.5) is 0 Å². The average molecular weight is 318 g/mol. The molecule has 1 atom stereocenters. The lowest BCUT2D eigenvalue weighted by atomic mass is 10.1. The summed E-state index contributed by atoms with van der Waals surface area (Å²) in [6.45, 7) is 4.37. The van der Waals surface area contributed by atoms with Crippen molar-refractivity contribution in [2.75, 3.05) is 12.9 Å². The highest BCUT2D eigenvalue weighted by molar-refractivity contribution is 9.10. The Bertz CT molecular complexity index is 437. The van der Waals surface area contributed by atoms with Gasteiger partial charge in [-0.1, -0.05) is 0 Å². The number of rotatable bonds is 2. The van der Waals surface area contributed by atoms with Gasteiger partial charge in [-0.15, -0.1) is 11.8 Å². The average Bonchev–Trinajstić information content (AvgIpc) is 2.62. The Morgan fingerprint density at radius 1 is 1.53 bits per heavy atom. The van der Waals surface area contributed by atoms with E-state index in [1.165, 1.54) is 0 Å². The van der Waals surface area contributed by atoms with E-state index in [1.807, 2.05) is 23.9 Å². The molecule has 1 saturated heterocycles. The van der Waals surface area contributed by atoms with E-state index in [0.717, 1.165) is 11.3 Å². The van der Waals surface area contributed by atoms with Gasteiger partial charge in [-0.05, 0) is 47.5 Å². The van der Waals surface area contributed by atoms with Crippen LogP contribution in [0, 0.1) is 0 Å². The summed E-state index contributed by atoms with van der Waals surface area (Å²) in [5.74, 6) is 1.72. The van der Waals surface area contributed by atoms with Crippen LogP contribution < -0.4 is 10.1 Å². The number of thioether (sulfide) groups is 1. The fourth-order valence-electron chi connectivity index (χ4n) is 1.81. The number of phenols is 1. The second-order valence-corrected chi connectivity index (χ2v) is 6.72. The summed E-state index contributed by atoms with van der Waals surface area (Å²) in [4.78, 5) is 0. The highest BCUT2D eigenvalue weighted by Gasteiger charge is 2.32. The molecule has 1 aromatic rings. The number of benzene rings is 1. The molecule has 0 radical (unpaired) electrons. The molecule has 2 rings (SSSR count). The van der Waals surface area contributed by atoms with E-state index in [-0.39, 0.29) is 16.7 Å². The lowest BCUT2D eigenvalue weighted by Gasteiger charge is -2.19. The van der Waals surface area contributed by atoms with Crippen molar-refractivity contribution >= 4 is 27.7 Å². The standard InChI is InChI=1S/C12H16BrNO2S/c1-12(2)6-17-11(14-12)7-4-8(13)10(15)9(5-7)16-3/h4-5,11,14-15H,6H2,1-3H3. The SMILES string of the molecule is COc1cc(C2NC(C)(C)CS2)cc(Br)c1O. The Kier molecular flexibility index (Phi) is 3.61. The smallest absolute Gasteiger partial charge is 0.172 e. The first kappa shape index (κ1) is 13.1. The molecule has 1 unspecified atom stereocenters. The van der Waals surface area contributed by atoms with E-state index in [9.17, 15) is 5.11 Å². The molecular formula is C12H16BrNO2S. The fraction of sp³-hybridized carbons (Fsp3) is 0.500. The van der Waals surface area contributed by atoms with Crippen LogP contribution in [0.1, 0.15) is 24.8 Å². The number of nitrogens with one attached hydrogen (secondary N) is 1. The molecule has 1 aromatic carbocycles. The Morgan fingerprint density at radius 2 is 2.24 bits per heavy atom. The summed E-state index contributed by atoms with van der Waals surface area (Å²) in [6, 6.07) is 3.82. The van der Waals surface area contributed by atoms with Crippen molar-refractivity contribution in [3.8, 4) is 11.5 Å². The van der Waals surface area contributed by atoms with E-state index < -0.39 is 0 Å². The Balaban J connectivity index is 2.31. The number of hydrogen-bond acceptors (Lipinski definition) is 4. The third-order valence-corrected chi connectivity index (χ3v) is 4.92. The molecule has 2 N–H and O–H groups in total. The summed E-state index contributed by atoms with van der Waals surface area (Å²) < 4.78 is 5.83. The third kappa shape index (κ3) is 2.72. The molecule has 1 heterocycles. The molecule has 1 aliphatic rings. The second-order valence-electron chi connectivity index (χ2n) is 4.77. The molecule has 5 heteroatoms. The zero-order valence-corrected chi connectivity index (χ0v) is 12.5. The predicted octanol–water partition coefficient (Wildman–Crippen LogP) is 3.28.